The van der Waals surface area contributed by atoms with Crippen molar-refractivity contribution in [1.82, 2.24) is 4.98 Å². The number of nitro groups is 1. The summed E-state index contributed by atoms with van der Waals surface area (Å²) in [6.45, 7) is 5.84. The van der Waals surface area contributed by atoms with Crippen LogP contribution >= 0.6 is 11.3 Å². The highest BCUT2D eigenvalue weighted by molar-refractivity contribution is 7.18. The second-order valence-corrected chi connectivity index (χ2v) is 10.3. The minimum absolute atomic E-state index is 0.0165. The monoisotopic (exact) mass is 494 g/mol. The Balaban J connectivity index is 1.31. The van der Waals surface area contributed by atoms with Crippen molar-refractivity contribution in [2.45, 2.75) is 70.2 Å². The number of thiophene rings is 1. The van der Waals surface area contributed by atoms with Crippen LogP contribution in [0.25, 0.3) is 16.7 Å². The van der Waals surface area contributed by atoms with Gasteiger partial charge in [0.05, 0.1) is 53.1 Å². The summed E-state index contributed by atoms with van der Waals surface area (Å²) >= 11 is 1.01. The van der Waals surface area contributed by atoms with Crippen LogP contribution in [0.3, 0.4) is 0 Å². The van der Waals surface area contributed by atoms with Gasteiger partial charge in [-0.1, -0.05) is 23.8 Å². The molecule has 2 fully saturated rings. The van der Waals surface area contributed by atoms with Crippen LogP contribution in [-0.2, 0) is 9.47 Å². The zero-order valence-corrected chi connectivity index (χ0v) is 20.1. The molecule has 0 amide bonds. The van der Waals surface area contributed by atoms with Gasteiger partial charge in [-0.2, -0.15) is 0 Å². The molecule has 2 aliphatic heterocycles. The summed E-state index contributed by atoms with van der Waals surface area (Å²) in [7, 11) is 0. The summed E-state index contributed by atoms with van der Waals surface area (Å²) in [5.41, 5.74) is 0.844. The molecule has 2 aromatic heterocycles. The highest BCUT2D eigenvalue weighted by Crippen LogP contribution is 2.38. The second-order valence-electron chi connectivity index (χ2n) is 9.24. The molecule has 0 aliphatic carbocycles. The number of aliphatic hydroxyl groups is 3. The maximum absolute atomic E-state index is 10.9. The van der Waals surface area contributed by atoms with E-state index in [2.05, 4.69) is 4.98 Å². The summed E-state index contributed by atoms with van der Waals surface area (Å²) in [5, 5.41) is 41.9. The molecule has 11 heteroatoms. The summed E-state index contributed by atoms with van der Waals surface area (Å²) in [4.78, 5) is 15.2. The number of aromatic nitrogens is 1. The fourth-order valence-electron chi connectivity index (χ4n) is 4.33. The van der Waals surface area contributed by atoms with Gasteiger partial charge in [-0.25, -0.2) is 4.98 Å². The third-order valence-electron chi connectivity index (χ3n) is 6.61. The molecule has 186 valence electrons. The molecule has 4 rings (SSSR count). The molecule has 3 N–H and O–H groups in total. The molecule has 0 radical (unpaired) electrons. The normalized spacial score (nSPS) is 31.3. The Morgan fingerprint density at radius 3 is 2.76 bits per heavy atom. The van der Waals surface area contributed by atoms with Crippen LogP contribution in [-0.4, -0.2) is 68.5 Å². The largest absolute Gasteiger partial charge is 0.436 e. The fourth-order valence-corrected chi connectivity index (χ4v) is 5.09. The Morgan fingerprint density at radius 1 is 1.32 bits per heavy atom. The first-order valence-corrected chi connectivity index (χ1v) is 12.1. The first kappa shape index (κ1) is 25.0. The van der Waals surface area contributed by atoms with E-state index < -0.39 is 29.3 Å². The molecule has 2 aliphatic rings. The second kappa shape index (κ2) is 10.2. The average Bonchev–Trinajstić information content (AvgIpc) is 3.15. The highest BCUT2D eigenvalue weighted by Gasteiger charge is 2.48. The molecule has 2 saturated heterocycles. The number of nitrogens with zero attached hydrogens (tertiary/aromatic N) is 2. The summed E-state index contributed by atoms with van der Waals surface area (Å²) in [6, 6.07) is 3.04. The molecule has 34 heavy (non-hydrogen) atoms. The molecule has 4 heterocycles. The van der Waals surface area contributed by atoms with Crippen LogP contribution in [0.1, 0.15) is 39.5 Å². The van der Waals surface area contributed by atoms with Crippen molar-refractivity contribution in [2.24, 2.45) is 11.8 Å². The van der Waals surface area contributed by atoms with Crippen LogP contribution in [0, 0.1) is 22.0 Å². The zero-order chi connectivity index (χ0) is 24.6. The van der Waals surface area contributed by atoms with Crippen LogP contribution in [0.2, 0.25) is 0 Å². The summed E-state index contributed by atoms with van der Waals surface area (Å²) in [5.74, 6) is 0.560. The average molecular weight is 495 g/mol. The van der Waals surface area contributed by atoms with Crippen molar-refractivity contribution in [3.63, 3.8) is 0 Å². The topological polar surface area (TPSA) is 152 Å². The predicted molar refractivity (Wildman–Crippen MR) is 124 cm³/mol. The Kier molecular flexibility index (Phi) is 7.51. The van der Waals surface area contributed by atoms with E-state index in [9.17, 15) is 25.4 Å². The number of epoxide rings is 1. The Morgan fingerprint density at radius 2 is 2.09 bits per heavy atom. The highest BCUT2D eigenvalue weighted by atomic mass is 32.1. The number of hydrogen-bond donors (Lipinski definition) is 3. The third-order valence-corrected chi connectivity index (χ3v) is 7.66. The third kappa shape index (κ3) is 5.56. The molecule has 0 bridgehead atoms. The minimum Gasteiger partial charge on any atom is -0.436 e. The standard InChI is InChI=1S/C23H30N2O8S/c1-11(7-19-24-9-17(32-19)18-4-5-20(34-18)25(29)30)6-15-22(28)21(27)14(10-31-15)8-16-23(33-16)12(2)13(3)26/h4-5,7,9,12-16,21-23,26-28H,6,8,10H2,1-3H3/b11-7+/t12-,13-,14-,15-,16-,21+,22-,23-/m0/s1. The first-order chi connectivity index (χ1) is 16.1. The van der Waals surface area contributed by atoms with Gasteiger partial charge in [-0.05, 0) is 38.8 Å². The van der Waals surface area contributed by atoms with Gasteiger partial charge < -0.3 is 29.2 Å². The number of rotatable bonds is 9. The smallest absolute Gasteiger partial charge is 0.324 e. The lowest BCUT2D eigenvalue weighted by Gasteiger charge is -2.38. The van der Waals surface area contributed by atoms with Crippen molar-refractivity contribution in [2.75, 3.05) is 6.61 Å². The van der Waals surface area contributed by atoms with Gasteiger partial charge in [-0.15, -0.1) is 0 Å². The van der Waals surface area contributed by atoms with Crippen LogP contribution < -0.4 is 0 Å². The van der Waals surface area contributed by atoms with E-state index in [1.807, 2.05) is 13.8 Å². The van der Waals surface area contributed by atoms with Gasteiger partial charge in [0.2, 0.25) is 5.89 Å². The van der Waals surface area contributed by atoms with Gasteiger partial charge >= 0.3 is 5.00 Å². The van der Waals surface area contributed by atoms with Gasteiger partial charge in [0, 0.05) is 17.9 Å². The summed E-state index contributed by atoms with van der Waals surface area (Å²) < 4.78 is 17.2. The van der Waals surface area contributed by atoms with E-state index in [-0.39, 0.29) is 29.0 Å². The van der Waals surface area contributed by atoms with Crippen molar-refractivity contribution >= 4 is 22.4 Å². The van der Waals surface area contributed by atoms with E-state index >= 15 is 0 Å². The molecule has 0 spiro atoms. The predicted octanol–water partition coefficient (Wildman–Crippen LogP) is 3.02. The minimum atomic E-state index is -1.04. The van der Waals surface area contributed by atoms with E-state index in [1.54, 1.807) is 19.1 Å². The van der Waals surface area contributed by atoms with E-state index in [0.29, 0.717) is 36.0 Å². The van der Waals surface area contributed by atoms with Gasteiger partial charge in [0.25, 0.3) is 0 Å². The maximum Gasteiger partial charge on any atom is 0.324 e. The van der Waals surface area contributed by atoms with E-state index in [4.69, 9.17) is 13.9 Å². The van der Waals surface area contributed by atoms with Crippen LogP contribution in [0.4, 0.5) is 5.00 Å². The lowest BCUT2D eigenvalue weighted by Crippen LogP contribution is -2.50. The number of aliphatic hydroxyl groups excluding tert-OH is 3. The lowest BCUT2D eigenvalue weighted by atomic mass is 9.85. The van der Waals surface area contributed by atoms with Crippen LogP contribution in [0.5, 0.6) is 0 Å². The van der Waals surface area contributed by atoms with Crippen molar-refractivity contribution in [1.29, 1.82) is 0 Å². The fraction of sp³-hybridized carbons (Fsp3) is 0.609. The lowest BCUT2D eigenvalue weighted by molar-refractivity contribution is -0.380. The maximum atomic E-state index is 10.9. The number of hydrogen-bond acceptors (Lipinski definition) is 10. The number of oxazole rings is 1. The zero-order valence-electron chi connectivity index (χ0n) is 19.2. The van der Waals surface area contributed by atoms with Crippen LogP contribution in [0.15, 0.2) is 28.3 Å². The van der Waals surface area contributed by atoms with E-state index in [0.717, 1.165) is 16.9 Å². The van der Waals surface area contributed by atoms with Gasteiger partial charge in [0.1, 0.15) is 6.10 Å². The Labute approximate surface area is 201 Å². The molecule has 0 unspecified atom stereocenters. The van der Waals surface area contributed by atoms with Gasteiger partial charge in [-0.3, -0.25) is 10.1 Å². The van der Waals surface area contributed by atoms with Gasteiger partial charge in [0.15, 0.2) is 5.76 Å². The molecular weight excluding hydrogens is 464 g/mol. The molecule has 8 atom stereocenters. The Bertz CT molecular complexity index is 1030. The molecule has 0 saturated carbocycles. The quantitative estimate of drug-likeness (QED) is 0.271. The summed E-state index contributed by atoms with van der Waals surface area (Å²) in [6.07, 6.45) is 1.12. The van der Waals surface area contributed by atoms with Crippen molar-refractivity contribution < 1.29 is 34.1 Å². The van der Waals surface area contributed by atoms with E-state index in [1.165, 1.54) is 12.3 Å². The van der Waals surface area contributed by atoms with Crippen molar-refractivity contribution in [3.8, 4) is 10.6 Å². The Hall–Kier alpha value is -2.15. The first-order valence-electron chi connectivity index (χ1n) is 11.3. The molecule has 2 aromatic rings. The molecule has 0 aromatic carbocycles. The van der Waals surface area contributed by atoms with Crippen molar-refractivity contribution in [3.05, 3.63) is 39.9 Å². The number of ether oxygens (including phenoxy) is 2. The SMILES string of the molecule is C/C(=C\c1ncc(-c2ccc([N+](=O)[O-])s2)o1)C[C@@H]1OC[C@H](C[C@@H]2O[C@H]2[C@@H](C)[C@H](C)O)[C@@H](O)[C@H]1O. The molecule has 10 nitrogen and oxygen atoms in total. The molecular formula is C23H30N2O8S.